The second-order valence-corrected chi connectivity index (χ2v) is 4.21. The molecule has 0 bridgehead atoms. The van der Waals surface area contributed by atoms with Crippen molar-refractivity contribution < 1.29 is 5.11 Å². The molecule has 3 rings (SSSR count). The molecule has 3 aromatic heterocycles. The van der Waals surface area contributed by atoms with Gasteiger partial charge in [0.05, 0.1) is 12.4 Å². The number of rotatable bonds is 3. The van der Waals surface area contributed by atoms with Crippen LogP contribution in [0.25, 0.3) is 17.0 Å². The summed E-state index contributed by atoms with van der Waals surface area (Å²) in [5.41, 5.74) is 1.46. The maximum Gasteiger partial charge on any atom is 0.183 e. The van der Waals surface area contributed by atoms with Crippen LogP contribution in [0.4, 0.5) is 0 Å². The highest BCUT2D eigenvalue weighted by molar-refractivity contribution is 5.78. The van der Waals surface area contributed by atoms with Crippen LogP contribution < -0.4 is 0 Å². The third-order valence-corrected chi connectivity index (χ3v) is 2.70. The maximum absolute atomic E-state index is 9.51. The van der Waals surface area contributed by atoms with E-state index in [1.807, 2.05) is 33.7 Å². The largest absolute Gasteiger partial charge is 0.392 e. The van der Waals surface area contributed by atoms with Crippen molar-refractivity contribution in [3.63, 3.8) is 0 Å². The van der Waals surface area contributed by atoms with E-state index < -0.39 is 6.10 Å². The smallest absolute Gasteiger partial charge is 0.183 e. The lowest BCUT2D eigenvalue weighted by atomic mass is 10.4. The van der Waals surface area contributed by atoms with E-state index in [4.69, 9.17) is 0 Å². The Kier molecular flexibility index (Phi) is 2.56. The van der Waals surface area contributed by atoms with Gasteiger partial charge in [-0.1, -0.05) is 0 Å². The molecule has 0 aromatic carbocycles. The summed E-state index contributed by atoms with van der Waals surface area (Å²) in [6.07, 6.45) is 6.57. The van der Waals surface area contributed by atoms with Crippen LogP contribution in [0.15, 0.2) is 37.2 Å². The minimum absolute atomic E-state index is 0.444. The normalized spacial score (nSPS) is 13.0. The van der Waals surface area contributed by atoms with E-state index in [9.17, 15) is 5.11 Å². The van der Waals surface area contributed by atoms with Crippen molar-refractivity contribution in [2.75, 3.05) is 0 Å². The number of nitrogens with zero attached hydrogens (tertiary/aromatic N) is 5. The number of aliphatic hydroxyl groups excluding tert-OH is 1. The highest BCUT2D eigenvalue weighted by atomic mass is 16.3. The molecule has 0 radical (unpaired) electrons. The molecule has 0 spiro atoms. The molecule has 1 unspecified atom stereocenters. The van der Waals surface area contributed by atoms with E-state index in [1.165, 1.54) is 6.33 Å². The lowest BCUT2D eigenvalue weighted by Gasteiger charge is -2.09. The van der Waals surface area contributed by atoms with Gasteiger partial charge in [0.2, 0.25) is 0 Å². The fourth-order valence-electron chi connectivity index (χ4n) is 1.98. The van der Waals surface area contributed by atoms with Gasteiger partial charge in [-0.05, 0) is 19.1 Å². The monoisotopic (exact) mass is 243 g/mol. The van der Waals surface area contributed by atoms with Crippen molar-refractivity contribution in [3.8, 4) is 5.82 Å². The van der Waals surface area contributed by atoms with Gasteiger partial charge in [-0.25, -0.2) is 15.0 Å². The van der Waals surface area contributed by atoms with Crippen molar-refractivity contribution in [3.05, 3.63) is 37.2 Å². The molecule has 0 aliphatic rings. The van der Waals surface area contributed by atoms with Gasteiger partial charge in [0.25, 0.3) is 0 Å². The summed E-state index contributed by atoms with van der Waals surface area (Å²) in [5, 5.41) is 9.51. The predicted octanol–water partition coefficient (Wildman–Crippen LogP) is 0.998. The van der Waals surface area contributed by atoms with Crippen molar-refractivity contribution in [2.45, 2.75) is 19.6 Å². The molecule has 6 nitrogen and oxygen atoms in total. The molecule has 0 saturated heterocycles. The van der Waals surface area contributed by atoms with Crippen LogP contribution in [0.3, 0.4) is 0 Å². The average molecular weight is 243 g/mol. The predicted molar refractivity (Wildman–Crippen MR) is 66.3 cm³/mol. The van der Waals surface area contributed by atoms with Gasteiger partial charge < -0.3 is 14.2 Å². The molecule has 1 N–H and O–H groups in total. The summed E-state index contributed by atoms with van der Waals surface area (Å²) in [4.78, 5) is 12.7. The Labute approximate surface area is 104 Å². The fraction of sp³-hybridized carbons (Fsp3) is 0.250. The first-order valence-electron chi connectivity index (χ1n) is 5.73. The molecule has 0 fully saturated rings. The molecule has 0 amide bonds. The average Bonchev–Trinajstić information content (AvgIpc) is 2.98. The lowest BCUT2D eigenvalue weighted by Crippen LogP contribution is -2.12. The van der Waals surface area contributed by atoms with Gasteiger partial charge in [0.15, 0.2) is 11.5 Å². The summed E-state index contributed by atoms with van der Waals surface area (Å²) in [6, 6.07) is 3.87. The highest BCUT2D eigenvalue weighted by Gasteiger charge is 2.12. The SMILES string of the molecule is CC(O)Cn1cnc2ncnc(-n3cccc3)c21. The molecule has 0 aliphatic heterocycles. The van der Waals surface area contributed by atoms with E-state index in [1.54, 1.807) is 13.3 Å². The van der Waals surface area contributed by atoms with E-state index in [0.717, 1.165) is 11.3 Å². The van der Waals surface area contributed by atoms with Gasteiger partial charge in [-0.2, -0.15) is 0 Å². The van der Waals surface area contributed by atoms with Crippen LogP contribution in [0.2, 0.25) is 0 Å². The van der Waals surface area contributed by atoms with Crippen molar-refractivity contribution in [1.82, 2.24) is 24.1 Å². The summed E-state index contributed by atoms with van der Waals surface area (Å²) < 4.78 is 3.78. The first kappa shape index (κ1) is 10.9. The van der Waals surface area contributed by atoms with Crippen LogP contribution in [0, 0.1) is 0 Å². The Hall–Kier alpha value is -2.21. The molecule has 3 aromatic rings. The second-order valence-electron chi connectivity index (χ2n) is 4.21. The number of aromatic nitrogens is 5. The highest BCUT2D eigenvalue weighted by Crippen LogP contribution is 2.18. The zero-order chi connectivity index (χ0) is 12.5. The minimum atomic E-state index is -0.444. The first-order valence-corrected chi connectivity index (χ1v) is 5.73. The van der Waals surface area contributed by atoms with Crippen LogP contribution in [-0.4, -0.2) is 35.3 Å². The van der Waals surface area contributed by atoms with Gasteiger partial charge in [0.1, 0.15) is 11.8 Å². The third kappa shape index (κ3) is 1.76. The number of fused-ring (bicyclic) bond motifs is 1. The van der Waals surface area contributed by atoms with Crippen LogP contribution >= 0.6 is 0 Å². The number of hydrogen-bond donors (Lipinski definition) is 1. The number of imidazole rings is 1. The van der Waals surface area contributed by atoms with Crippen molar-refractivity contribution >= 4 is 11.2 Å². The number of aliphatic hydroxyl groups is 1. The summed E-state index contributed by atoms with van der Waals surface area (Å²) in [7, 11) is 0. The molecular weight excluding hydrogens is 230 g/mol. The quantitative estimate of drug-likeness (QED) is 0.745. The zero-order valence-corrected chi connectivity index (χ0v) is 9.93. The Morgan fingerprint density at radius 1 is 1.22 bits per heavy atom. The molecule has 6 heteroatoms. The van der Waals surface area contributed by atoms with Crippen molar-refractivity contribution in [1.29, 1.82) is 0 Å². The molecule has 0 aliphatic carbocycles. The Bertz CT molecular complexity index is 656. The molecule has 18 heavy (non-hydrogen) atoms. The van der Waals surface area contributed by atoms with E-state index in [2.05, 4.69) is 15.0 Å². The van der Waals surface area contributed by atoms with E-state index in [0.29, 0.717) is 12.2 Å². The van der Waals surface area contributed by atoms with Gasteiger partial charge in [-0.15, -0.1) is 0 Å². The standard InChI is InChI=1S/C12H13N5O/c1-9(18)6-17-8-15-11-10(17)12(14-7-13-11)16-4-2-3-5-16/h2-5,7-9,18H,6H2,1H3. The zero-order valence-electron chi connectivity index (χ0n) is 9.93. The fourth-order valence-corrected chi connectivity index (χ4v) is 1.98. The summed E-state index contributed by atoms with van der Waals surface area (Å²) in [5.74, 6) is 0.767. The molecular formula is C12H13N5O. The maximum atomic E-state index is 9.51. The van der Waals surface area contributed by atoms with Gasteiger partial charge in [-0.3, -0.25) is 0 Å². The van der Waals surface area contributed by atoms with Crippen LogP contribution in [0.5, 0.6) is 0 Å². The van der Waals surface area contributed by atoms with Crippen molar-refractivity contribution in [2.24, 2.45) is 0 Å². The minimum Gasteiger partial charge on any atom is -0.392 e. The topological polar surface area (TPSA) is 68.8 Å². The lowest BCUT2D eigenvalue weighted by molar-refractivity contribution is 0.175. The Morgan fingerprint density at radius 2 is 2.00 bits per heavy atom. The Balaban J connectivity index is 2.22. The first-order chi connectivity index (χ1) is 8.75. The van der Waals surface area contributed by atoms with E-state index in [-0.39, 0.29) is 0 Å². The molecule has 92 valence electrons. The summed E-state index contributed by atoms with van der Waals surface area (Å²) >= 11 is 0. The summed E-state index contributed by atoms with van der Waals surface area (Å²) in [6.45, 7) is 2.21. The molecule has 1 atom stereocenters. The molecule has 0 saturated carbocycles. The van der Waals surface area contributed by atoms with Crippen LogP contribution in [0.1, 0.15) is 6.92 Å². The van der Waals surface area contributed by atoms with Gasteiger partial charge in [0, 0.05) is 18.9 Å². The Morgan fingerprint density at radius 3 is 2.72 bits per heavy atom. The number of hydrogen-bond acceptors (Lipinski definition) is 4. The molecule has 3 heterocycles. The van der Waals surface area contributed by atoms with Gasteiger partial charge >= 0.3 is 0 Å². The van der Waals surface area contributed by atoms with E-state index >= 15 is 0 Å². The second kappa shape index (κ2) is 4.23. The van der Waals surface area contributed by atoms with Crippen LogP contribution in [-0.2, 0) is 6.54 Å². The third-order valence-electron chi connectivity index (χ3n) is 2.70.